The molecule has 3 aromatic rings. The van der Waals surface area contributed by atoms with Gasteiger partial charge in [0.05, 0.1) is 39.2 Å². The van der Waals surface area contributed by atoms with Crippen LogP contribution in [0.3, 0.4) is 0 Å². The average Bonchev–Trinajstić information content (AvgIpc) is 3.31. The minimum absolute atomic E-state index is 0.0384. The molecule has 2 aliphatic heterocycles. The Balaban J connectivity index is 1.49. The van der Waals surface area contributed by atoms with Gasteiger partial charge < -0.3 is 29.2 Å². The second kappa shape index (κ2) is 8.74. The number of nitrogens with one attached hydrogen (secondary N) is 1. The first-order valence-electron chi connectivity index (χ1n) is 10.7. The maximum Gasteiger partial charge on any atom is 0.257 e. The number of fused-ring (bicyclic) bond motifs is 1. The molecule has 2 aliphatic rings. The van der Waals surface area contributed by atoms with Gasteiger partial charge in [0.2, 0.25) is 5.95 Å². The zero-order chi connectivity index (χ0) is 22.1. The SMILES string of the molecule is C[C@@H]1COCC[C@H]1n1c(C#N)cc2cnc(Nc3cn(CCO)nc3OC3COC3)nc21. The lowest BCUT2D eigenvalue weighted by Crippen LogP contribution is -2.38. The summed E-state index contributed by atoms with van der Waals surface area (Å²) in [5.74, 6) is 1.04. The van der Waals surface area contributed by atoms with Gasteiger partial charge in [-0.15, -0.1) is 5.10 Å². The van der Waals surface area contributed by atoms with Gasteiger partial charge in [0.25, 0.3) is 5.88 Å². The van der Waals surface area contributed by atoms with Gasteiger partial charge in [-0.25, -0.2) is 4.98 Å². The fourth-order valence-electron chi connectivity index (χ4n) is 4.10. The van der Waals surface area contributed by atoms with Crippen molar-refractivity contribution < 1.29 is 19.3 Å². The number of hydrogen-bond acceptors (Lipinski definition) is 9. The van der Waals surface area contributed by atoms with Crippen molar-refractivity contribution in [1.29, 1.82) is 5.26 Å². The van der Waals surface area contributed by atoms with E-state index in [1.165, 1.54) is 0 Å². The summed E-state index contributed by atoms with van der Waals surface area (Å²) in [4.78, 5) is 9.17. The van der Waals surface area contributed by atoms with E-state index in [1.807, 2.05) is 10.6 Å². The topological polar surface area (TPSA) is 132 Å². The summed E-state index contributed by atoms with van der Waals surface area (Å²) in [6.07, 6.45) is 4.23. The van der Waals surface area contributed by atoms with Crippen LogP contribution in [0.15, 0.2) is 18.5 Å². The van der Waals surface area contributed by atoms with E-state index in [0.717, 1.165) is 11.8 Å². The Labute approximate surface area is 184 Å². The molecular weight excluding hydrogens is 414 g/mol. The van der Waals surface area contributed by atoms with Crippen LogP contribution in [0.4, 0.5) is 11.6 Å². The fourth-order valence-corrected chi connectivity index (χ4v) is 4.10. The number of nitrogens with zero attached hydrogens (tertiary/aromatic N) is 6. The highest BCUT2D eigenvalue weighted by Gasteiger charge is 2.28. The van der Waals surface area contributed by atoms with Crippen LogP contribution in [0, 0.1) is 17.2 Å². The second-order valence-corrected chi connectivity index (χ2v) is 8.13. The molecule has 5 rings (SSSR count). The molecule has 2 fully saturated rings. The number of aliphatic hydroxyl groups is 1. The van der Waals surface area contributed by atoms with Gasteiger partial charge in [-0.05, 0) is 12.5 Å². The van der Waals surface area contributed by atoms with Crippen molar-refractivity contribution in [2.24, 2.45) is 5.92 Å². The molecule has 2 atom stereocenters. The van der Waals surface area contributed by atoms with E-state index in [-0.39, 0.29) is 24.7 Å². The fraction of sp³-hybridized carbons (Fsp3) is 0.524. The van der Waals surface area contributed by atoms with Gasteiger partial charge in [0.15, 0.2) is 0 Å². The summed E-state index contributed by atoms with van der Waals surface area (Å²) in [7, 11) is 0. The Kier molecular flexibility index (Phi) is 5.65. The second-order valence-electron chi connectivity index (χ2n) is 8.13. The molecule has 168 valence electrons. The van der Waals surface area contributed by atoms with E-state index in [1.54, 1.807) is 17.1 Å². The number of rotatable bonds is 7. The van der Waals surface area contributed by atoms with Gasteiger partial charge in [0.1, 0.15) is 29.2 Å². The number of anilines is 2. The molecule has 2 saturated heterocycles. The Hall–Kier alpha value is -3.20. The van der Waals surface area contributed by atoms with Gasteiger partial charge in [0, 0.05) is 30.1 Å². The molecule has 3 aromatic heterocycles. The Bertz CT molecular complexity index is 1150. The molecule has 0 bridgehead atoms. The number of aromatic nitrogens is 5. The molecule has 11 heteroatoms. The molecule has 0 amide bonds. The predicted octanol–water partition coefficient (Wildman–Crippen LogP) is 1.61. The van der Waals surface area contributed by atoms with E-state index >= 15 is 0 Å². The third-order valence-corrected chi connectivity index (χ3v) is 5.81. The zero-order valence-electron chi connectivity index (χ0n) is 17.8. The highest BCUT2D eigenvalue weighted by molar-refractivity contribution is 5.79. The van der Waals surface area contributed by atoms with Crippen molar-refractivity contribution in [1.82, 2.24) is 24.3 Å². The molecule has 0 unspecified atom stereocenters. The van der Waals surface area contributed by atoms with Gasteiger partial charge in [-0.3, -0.25) is 4.68 Å². The quantitative estimate of drug-likeness (QED) is 0.563. The van der Waals surface area contributed by atoms with Crippen molar-refractivity contribution in [3.8, 4) is 11.9 Å². The van der Waals surface area contributed by atoms with Crippen LogP contribution in [0.5, 0.6) is 5.88 Å². The molecular formula is C21H25N7O4. The molecule has 2 N–H and O–H groups in total. The Morgan fingerprint density at radius 3 is 2.94 bits per heavy atom. The highest BCUT2D eigenvalue weighted by Crippen LogP contribution is 2.33. The lowest BCUT2D eigenvalue weighted by Gasteiger charge is -2.31. The molecule has 5 heterocycles. The smallest absolute Gasteiger partial charge is 0.257 e. The van der Waals surface area contributed by atoms with Crippen molar-refractivity contribution in [2.75, 3.05) is 38.4 Å². The van der Waals surface area contributed by atoms with Crippen LogP contribution in [0.1, 0.15) is 25.1 Å². The van der Waals surface area contributed by atoms with Gasteiger partial charge in [-0.1, -0.05) is 6.92 Å². The first-order chi connectivity index (χ1) is 15.7. The summed E-state index contributed by atoms with van der Waals surface area (Å²) in [5.41, 5.74) is 1.87. The van der Waals surface area contributed by atoms with Crippen molar-refractivity contribution in [3.63, 3.8) is 0 Å². The number of hydrogen-bond donors (Lipinski definition) is 2. The van der Waals surface area contributed by atoms with Gasteiger partial charge in [-0.2, -0.15) is 10.2 Å². The third kappa shape index (κ3) is 3.88. The van der Waals surface area contributed by atoms with Crippen molar-refractivity contribution >= 4 is 22.7 Å². The van der Waals surface area contributed by atoms with Crippen LogP contribution >= 0.6 is 0 Å². The van der Waals surface area contributed by atoms with Crippen LogP contribution < -0.4 is 10.1 Å². The molecule has 32 heavy (non-hydrogen) atoms. The summed E-state index contributed by atoms with van der Waals surface area (Å²) in [5, 5.41) is 27.4. The molecule has 0 saturated carbocycles. The lowest BCUT2D eigenvalue weighted by molar-refractivity contribution is -0.0812. The standard InChI is InChI=1S/C21H25N7O4/c1-13-10-30-5-2-18(13)28-15(7-22)6-14-8-23-21(25-19(14)28)24-17-9-27(3-4-29)26-20(17)32-16-11-31-12-16/h6,8-9,13,16,18,29H,2-5,10-12H2,1H3,(H,23,24,25)/t13-,18-/m1/s1. The third-order valence-electron chi connectivity index (χ3n) is 5.81. The summed E-state index contributed by atoms with van der Waals surface area (Å²) >= 11 is 0. The van der Waals surface area contributed by atoms with Crippen molar-refractivity contribution in [3.05, 3.63) is 24.2 Å². The first kappa shape index (κ1) is 20.7. The molecule has 11 nitrogen and oxygen atoms in total. The largest absolute Gasteiger partial charge is 0.467 e. The first-order valence-corrected chi connectivity index (χ1v) is 10.7. The average molecular weight is 439 g/mol. The van der Waals surface area contributed by atoms with E-state index in [0.29, 0.717) is 61.8 Å². The van der Waals surface area contributed by atoms with E-state index in [9.17, 15) is 10.4 Å². The van der Waals surface area contributed by atoms with Crippen LogP contribution in [0.2, 0.25) is 0 Å². The Morgan fingerprint density at radius 2 is 2.22 bits per heavy atom. The van der Waals surface area contributed by atoms with E-state index < -0.39 is 0 Å². The Morgan fingerprint density at radius 1 is 1.34 bits per heavy atom. The zero-order valence-corrected chi connectivity index (χ0v) is 17.8. The van der Waals surface area contributed by atoms with Crippen LogP contribution in [-0.4, -0.2) is 68.6 Å². The van der Waals surface area contributed by atoms with E-state index in [2.05, 4.69) is 28.4 Å². The van der Waals surface area contributed by atoms with E-state index in [4.69, 9.17) is 19.2 Å². The maximum atomic E-state index is 9.72. The van der Waals surface area contributed by atoms with Crippen LogP contribution in [-0.2, 0) is 16.0 Å². The number of nitriles is 1. The minimum atomic E-state index is -0.0538. The molecule has 0 aromatic carbocycles. The van der Waals surface area contributed by atoms with Crippen LogP contribution in [0.25, 0.3) is 11.0 Å². The number of ether oxygens (including phenoxy) is 3. The summed E-state index contributed by atoms with van der Waals surface area (Å²) in [6, 6.07) is 4.25. The normalized spacial score (nSPS) is 21.3. The summed E-state index contributed by atoms with van der Waals surface area (Å²) < 4.78 is 20.3. The predicted molar refractivity (Wildman–Crippen MR) is 114 cm³/mol. The minimum Gasteiger partial charge on any atom is -0.467 e. The number of aliphatic hydroxyl groups excluding tert-OH is 1. The molecule has 0 radical (unpaired) electrons. The van der Waals surface area contributed by atoms with Gasteiger partial charge >= 0.3 is 0 Å². The monoisotopic (exact) mass is 439 g/mol. The maximum absolute atomic E-state index is 9.72. The lowest BCUT2D eigenvalue weighted by atomic mass is 9.97. The highest BCUT2D eigenvalue weighted by atomic mass is 16.6. The summed E-state index contributed by atoms with van der Waals surface area (Å²) in [6.45, 7) is 4.77. The van der Waals surface area contributed by atoms with Crippen molar-refractivity contribution in [2.45, 2.75) is 32.0 Å². The molecule has 0 aliphatic carbocycles. The molecule has 0 spiro atoms.